The van der Waals surface area contributed by atoms with Gasteiger partial charge in [-0.2, -0.15) is 0 Å². The number of nitrogens with one attached hydrogen (secondary N) is 1. The molecule has 0 aromatic heterocycles. The highest BCUT2D eigenvalue weighted by Crippen LogP contribution is 2.15. The van der Waals surface area contributed by atoms with Crippen LogP contribution in [0, 0.1) is 10.1 Å². The SMILES string of the molecule is CCN(C(=S)NC(=O)c1cccc([N+](=O)[O-])c1)c1ccccc1. The van der Waals surface area contributed by atoms with Crippen LogP contribution in [-0.4, -0.2) is 22.5 Å². The summed E-state index contributed by atoms with van der Waals surface area (Å²) in [5, 5.41) is 13.6. The Hall–Kier alpha value is -2.80. The summed E-state index contributed by atoms with van der Waals surface area (Å²) in [5.74, 6) is -0.479. The molecule has 2 aromatic rings. The van der Waals surface area contributed by atoms with E-state index in [-0.39, 0.29) is 16.4 Å². The van der Waals surface area contributed by atoms with Crippen molar-refractivity contribution in [3.05, 3.63) is 70.3 Å². The number of nitrogens with zero attached hydrogens (tertiary/aromatic N) is 2. The van der Waals surface area contributed by atoms with Gasteiger partial charge in [-0.3, -0.25) is 20.2 Å². The van der Waals surface area contributed by atoms with Crippen molar-refractivity contribution < 1.29 is 9.72 Å². The Morgan fingerprint density at radius 1 is 1.22 bits per heavy atom. The van der Waals surface area contributed by atoms with Gasteiger partial charge in [0.2, 0.25) is 0 Å². The molecular formula is C16H15N3O3S. The van der Waals surface area contributed by atoms with E-state index in [4.69, 9.17) is 12.2 Å². The van der Waals surface area contributed by atoms with Crippen LogP contribution in [0.15, 0.2) is 54.6 Å². The van der Waals surface area contributed by atoms with Crippen LogP contribution < -0.4 is 10.2 Å². The highest BCUT2D eigenvalue weighted by Gasteiger charge is 2.16. The van der Waals surface area contributed by atoms with Gasteiger partial charge >= 0.3 is 0 Å². The Balaban J connectivity index is 2.14. The fraction of sp³-hybridized carbons (Fsp3) is 0.125. The second-order valence-corrected chi connectivity index (χ2v) is 5.03. The largest absolute Gasteiger partial charge is 0.319 e. The van der Waals surface area contributed by atoms with Gasteiger partial charge in [-0.05, 0) is 37.3 Å². The fourth-order valence-electron chi connectivity index (χ4n) is 2.05. The van der Waals surface area contributed by atoms with Crippen molar-refractivity contribution in [1.82, 2.24) is 5.32 Å². The predicted molar refractivity (Wildman–Crippen MR) is 92.6 cm³/mol. The summed E-state index contributed by atoms with van der Waals surface area (Å²) in [7, 11) is 0. The molecule has 0 radical (unpaired) electrons. The van der Waals surface area contributed by atoms with Crippen molar-refractivity contribution in [3.8, 4) is 0 Å². The van der Waals surface area contributed by atoms with E-state index in [0.717, 1.165) is 5.69 Å². The number of nitro benzene ring substituents is 1. The van der Waals surface area contributed by atoms with Crippen molar-refractivity contribution in [3.63, 3.8) is 0 Å². The van der Waals surface area contributed by atoms with Gasteiger partial charge in [0.15, 0.2) is 5.11 Å². The summed E-state index contributed by atoms with van der Waals surface area (Å²) in [6.45, 7) is 2.50. The number of hydrogen-bond donors (Lipinski definition) is 1. The molecule has 0 fully saturated rings. The van der Waals surface area contributed by atoms with Crippen LogP contribution in [0.5, 0.6) is 0 Å². The Morgan fingerprint density at radius 3 is 2.52 bits per heavy atom. The normalized spacial score (nSPS) is 9.96. The van der Waals surface area contributed by atoms with Gasteiger partial charge in [0.05, 0.1) is 4.92 Å². The lowest BCUT2D eigenvalue weighted by molar-refractivity contribution is -0.384. The van der Waals surface area contributed by atoms with Gasteiger partial charge < -0.3 is 4.90 Å². The van der Waals surface area contributed by atoms with Crippen molar-refractivity contribution in [2.45, 2.75) is 6.92 Å². The highest BCUT2D eigenvalue weighted by molar-refractivity contribution is 7.80. The molecule has 0 aliphatic carbocycles. The third-order valence-electron chi connectivity index (χ3n) is 3.17. The molecule has 0 heterocycles. The van der Waals surface area contributed by atoms with E-state index in [2.05, 4.69) is 5.32 Å². The van der Waals surface area contributed by atoms with Gasteiger partial charge in [0.1, 0.15) is 0 Å². The third-order valence-corrected chi connectivity index (χ3v) is 3.49. The number of anilines is 1. The molecule has 2 aromatic carbocycles. The zero-order valence-corrected chi connectivity index (χ0v) is 13.2. The number of amides is 1. The van der Waals surface area contributed by atoms with Crippen molar-refractivity contribution in [2.24, 2.45) is 0 Å². The van der Waals surface area contributed by atoms with Crippen LogP contribution >= 0.6 is 12.2 Å². The molecule has 0 unspecified atom stereocenters. The molecule has 0 aliphatic rings. The second-order valence-electron chi connectivity index (χ2n) is 4.65. The van der Waals surface area contributed by atoms with E-state index in [1.54, 1.807) is 4.90 Å². The minimum Gasteiger partial charge on any atom is -0.319 e. The van der Waals surface area contributed by atoms with Gasteiger partial charge in [-0.1, -0.05) is 24.3 Å². The van der Waals surface area contributed by atoms with Crippen LogP contribution in [0.3, 0.4) is 0 Å². The predicted octanol–water partition coefficient (Wildman–Crippen LogP) is 3.14. The Morgan fingerprint density at radius 2 is 1.91 bits per heavy atom. The van der Waals surface area contributed by atoms with Crippen LogP contribution in [0.2, 0.25) is 0 Å². The number of carbonyl (C=O) groups excluding carboxylic acids is 1. The average molecular weight is 329 g/mol. The first-order chi connectivity index (χ1) is 11.0. The molecule has 0 saturated carbocycles. The lowest BCUT2D eigenvalue weighted by atomic mass is 10.2. The zero-order chi connectivity index (χ0) is 16.8. The van der Waals surface area contributed by atoms with Crippen molar-refractivity contribution in [2.75, 3.05) is 11.4 Å². The lowest BCUT2D eigenvalue weighted by Crippen LogP contribution is -2.42. The second kappa shape index (κ2) is 7.46. The Kier molecular flexibility index (Phi) is 5.37. The van der Waals surface area contributed by atoms with E-state index in [0.29, 0.717) is 6.54 Å². The first-order valence-electron chi connectivity index (χ1n) is 6.95. The highest BCUT2D eigenvalue weighted by atomic mass is 32.1. The number of thiocarbonyl (C=S) groups is 1. The Labute approximate surface area is 138 Å². The van der Waals surface area contributed by atoms with Crippen LogP contribution in [0.25, 0.3) is 0 Å². The minimum absolute atomic E-state index is 0.140. The zero-order valence-electron chi connectivity index (χ0n) is 12.4. The summed E-state index contributed by atoms with van der Waals surface area (Å²) in [5.41, 5.74) is 0.906. The van der Waals surface area contributed by atoms with Crippen LogP contribution in [0.1, 0.15) is 17.3 Å². The van der Waals surface area contributed by atoms with Gasteiger partial charge in [0.25, 0.3) is 11.6 Å². The molecule has 0 aliphatic heterocycles. The van der Waals surface area contributed by atoms with Crippen molar-refractivity contribution >= 4 is 34.6 Å². The summed E-state index contributed by atoms with van der Waals surface area (Å²) >= 11 is 5.28. The molecule has 0 bridgehead atoms. The minimum atomic E-state index is -0.544. The van der Waals surface area contributed by atoms with Gasteiger partial charge in [0, 0.05) is 29.9 Å². The molecule has 118 valence electrons. The summed E-state index contributed by atoms with van der Waals surface area (Å²) < 4.78 is 0. The number of carbonyl (C=O) groups is 1. The van der Waals surface area contributed by atoms with Crippen molar-refractivity contribution in [1.29, 1.82) is 0 Å². The summed E-state index contributed by atoms with van der Waals surface area (Å²) in [4.78, 5) is 24.2. The molecule has 0 atom stereocenters. The first-order valence-corrected chi connectivity index (χ1v) is 7.36. The van der Waals surface area contributed by atoms with E-state index in [9.17, 15) is 14.9 Å². The number of para-hydroxylation sites is 1. The van der Waals surface area contributed by atoms with E-state index < -0.39 is 10.8 Å². The summed E-state index contributed by atoms with van der Waals surface area (Å²) in [6, 6.07) is 14.9. The smallest absolute Gasteiger partial charge is 0.270 e. The molecule has 7 heteroatoms. The van der Waals surface area contributed by atoms with Crippen LogP contribution in [-0.2, 0) is 0 Å². The topological polar surface area (TPSA) is 75.5 Å². The number of benzene rings is 2. The van der Waals surface area contributed by atoms with Gasteiger partial charge in [-0.25, -0.2) is 0 Å². The standard InChI is InChI=1S/C16H15N3O3S/c1-2-18(13-8-4-3-5-9-13)16(23)17-15(20)12-7-6-10-14(11-12)19(21)22/h3-11H,2H2,1H3,(H,17,20,23). The number of nitro groups is 1. The lowest BCUT2D eigenvalue weighted by Gasteiger charge is -2.23. The van der Waals surface area contributed by atoms with E-state index in [1.807, 2.05) is 37.3 Å². The van der Waals surface area contributed by atoms with Crippen LogP contribution in [0.4, 0.5) is 11.4 Å². The molecule has 1 N–H and O–H groups in total. The third kappa shape index (κ3) is 4.10. The number of rotatable bonds is 4. The average Bonchev–Trinajstić information content (AvgIpc) is 2.56. The molecule has 23 heavy (non-hydrogen) atoms. The van der Waals surface area contributed by atoms with E-state index in [1.165, 1.54) is 24.3 Å². The maximum Gasteiger partial charge on any atom is 0.270 e. The molecule has 1 amide bonds. The van der Waals surface area contributed by atoms with Gasteiger partial charge in [-0.15, -0.1) is 0 Å². The van der Waals surface area contributed by atoms with E-state index >= 15 is 0 Å². The molecule has 0 saturated heterocycles. The monoisotopic (exact) mass is 329 g/mol. The first kappa shape index (κ1) is 16.6. The molecular weight excluding hydrogens is 314 g/mol. The quantitative estimate of drug-likeness (QED) is 0.530. The Bertz CT molecular complexity index is 734. The number of non-ortho nitro benzene ring substituents is 1. The maximum atomic E-state index is 12.2. The molecule has 2 rings (SSSR count). The summed E-state index contributed by atoms with van der Waals surface area (Å²) in [6.07, 6.45) is 0. The molecule has 6 nitrogen and oxygen atoms in total. The number of hydrogen-bond acceptors (Lipinski definition) is 4. The fourth-order valence-corrected chi connectivity index (χ4v) is 2.38. The maximum absolute atomic E-state index is 12.2. The molecule has 0 spiro atoms.